The van der Waals surface area contributed by atoms with Crippen molar-refractivity contribution >= 4 is 34.5 Å². The number of carbonyl (C=O) groups is 1. The van der Waals surface area contributed by atoms with Crippen molar-refractivity contribution in [2.75, 3.05) is 12.4 Å². The summed E-state index contributed by atoms with van der Waals surface area (Å²) in [6.45, 7) is 0. The van der Waals surface area contributed by atoms with E-state index in [2.05, 4.69) is 5.32 Å². The third kappa shape index (κ3) is 2.60. The molecule has 0 fully saturated rings. The number of benzene rings is 1. The monoisotopic (exact) mass is 267 g/mol. The Labute approximate surface area is 108 Å². The molecule has 0 aliphatic rings. The van der Waals surface area contributed by atoms with Gasteiger partial charge in [0.05, 0.1) is 23.4 Å². The lowest BCUT2D eigenvalue weighted by molar-refractivity contribution is 0.102. The molecule has 0 aliphatic heterocycles. The Kier molecular flexibility index (Phi) is 3.66. The van der Waals surface area contributed by atoms with Crippen LogP contribution in [0.25, 0.3) is 0 Å². The second-order valence-corrected chi connectivity index (χ2v) is 4.44. The van der Waals surface area contributed by atoms with Crippen LogP contribution in [0.1, 0.15) is 10.4 Å². The van der Waals surface area contributed by atoms with Gasteiger partial charge in [-0.25, -0.2) is 0 Å². The molecular formula is C12H10ClNO2S. The summed E-state index contributed by atoms with van der Waals surface area (Å²) in [6.07, 6.45) is 0. The Morgan fingerprint density at radius 2 is 2.12 bits per heavy atom. The molecule has 3 nitrogen and oxygen atoms in total. The molecule has 1 N–H and O–H groups in total. The summed E-state index contributed by atoms with van der Waals surface area (Å²) in [7, 11) is 1.54. The zero-order chi connectivity index (χ0) is 12.3. The average molecular weight is 268 g/mol. The van der Waals surface area contributed by atoms with E-state index in [0.717, 1.165) is 0 Å². The SMILES string of the molecule is COc1cscc1C(=O)Nc1ccccc1Cl. The third-order valence-electron chi connectivity index (χ3n) is 2.21. The van der Waals surface area contributed by atoms with Gasteiger partial charge in [0.2, 0.25) is 0 Å². The molecule has 1 aromatic carbocycles. The van der Waals surface area contributed by atoms with Gasteiger partial charge in [0.15, 0.2) is 0 Å². The molecule has 0 saturated carbocycles. The van der Waals surface area contributed by atoms with Crippen molar-refractivity contribution < 1.29 is 9.53 Å². The highest BCUT2D eigenvalue weighted by molar-refractivity contribution is 7.08. The highest BCUT2D eigenvalue weighted by Gasteiger charge is 2.14. The van der Waals surface area contributed by atoms with Crippen molar-refractivity contribution in [3.8, 4) is 5.75 Å². The van der Waals surface area contributed by atoms with Gasteiger partial charge in [-0.2, -0.15) is 0 Å². The van der Waals surface area contributed by atoms with Crippen LogP contribution >= 0.6 is 22.9 Å². The minimum atomic E-state index is -0.226. The highest BCUT2D eigenvalue weighted by atomic mass is 35.5. The molecule has 2 aromatic rings. The van der Waals surface area contributed by atoms with Gasteiger partial charge < -0.3 is 10.1 Å². The predicted octanol–water partition coefficient (Wildman–Crippen LogP) is 3.66. The van der Waals surface area contributed by atoms with Crippen molar-refractivity contribution in [2.24, 2.45) is 0 Å². The number of carbonyl (C=O) groups excluding carboxylic acids is 1. The van der Waals surface area contributed by atoms with Crippen molar-refractivity contribution in [3.63, 3.8) is 0 Å². The van der Waals surface area contributed by atoms with E-state index in [9.17, 15) is 4.79 Å². The smallest absolute Gasteiger partial charge is 0.260 e. The van der Waals surface area contributed by atoms with Crippen molar-refractivity contribution in [2.45, 2.75) is 0 Å². The van der Waals surface area contributed by atoms with Crippen LogP contribution in [0, 0.1) is 0 Å². The fourth-order valence-electron chi connectivity index (χ4n) is 1.36. The normalized spacial score (nSPS) is 10.0. The summed E-state index contributed by atoms with van der Waals surface area (Å²) in [5.74, 6) is 0.343. The lowest BCUT2D eigenvalue weighted by Gasteiger charge is -2.07. The summed E-state index contributed by atoms with van der Waals surface area (Å²) in [5.41, 5.74) is 1.10. The van der Waals surface area contributed by atoms with Gasteiger partial charge in [-0.3, -0.25) is 4.79 Å². The summed E-state index contributed by atoms with van der Waals surface area (Å²) in [5, 5.41) is 6.77. The minimum absolute atomic E-state index is 0.226. The number of methoxy groups -OCH3 is 1. The summed E-state index contributed by atoms with van der Waals surface area (Å²) < 4.78 is 5.09. The van der Waals surface area contributed by atoms with Gasteiger partial charge in [0.1, 0.15) is 5.75 Å². The van der Waals surface area contributed by atoms with Gasteiger partial charge in [0.25, 0.3) is 5.91 Å². The minimum Gasteiger partial charge on any atom is -0.495 e. The lowest BCUT2D eigenvalue weighted by Crippen LogP contribution is -2.12. The first-order chi connectivity index (χ1) is 8.22. The van der Waals surface area contributed by atoms with Crippen LogP contribution < -0.4 is 10.1 Å². The predicted molar refractivity (Wildman–Crippen MR) is 70.3 cm³/mol. The van der Waals surface area contributed by atoms with Crippen molar-refractivity contribution in [1.29, 1.82) is 0 Å². The second kappa shape index (κ2) is 5.21. The molecule has 2 rings (SSSR count). The summed E-state index contributed by atoms with van der Waals surface area (Å²) in [4.78, 5) is 12.0. The number of rotatable bonds is 3. The maximum absolute atomic E-state index is 12.0. The second-order valence-electron chi connectivity index (χ2n) is 3.29. The number of para-hydroxylation sites is 1. The molecular weight excluding hydrogens is 258 g/mol. The Bertz CT molecular complexity index is 539. The number of nitrogens with one attached hydrogen (secondary N) is 1. The third-order valence-corrected chi connectivity index (χ3v) is 3.26. The number of anilines is 1. The molecule has 0 aliphatic carbocycles. The van der Waals surface area contributed by atoms with E-state index in [4.69, 9.17) is 16.3 Å². The van der Waals surface area contributed by atoms with E-state index < -0.39 is 0 Å². The molecule has 1 aromatic heterocycles. The number of halogens is 1. The number of thiophene rings is 1. The fraction of sp³-hybridized carbons (Fsp3) is 0.0833. The van der Waals surface area contributed by atoms with Crippen LogP contribution in [-0.4, -0.2) is 13.0 Å². The Balaban J connectivity index is 2.20. The average Bonchev–Trinajstić information content (AvgIpc) is 2.80. The Morgan fingerprint density at radius 3 is 2.82 bits per heavy atom. The number of hydrogen-bond acceptors (Lipinski definition) is 3. The lowest BCUT2D eigenvalue weighted by atomic mass is 10.2. The topological polar surface area (TPSA) is 38.3 Å². The van der Waals surface area contributed by atoms with E-state index in [-0.39, 0.29) is 5.91 Å². The van der Waals surface area contributed by atoms with Crippen LogP contribution in [-0.2, 0) is 0 Å². The van der Waals surface area contributed by atoms with Crippen LogP contribution in [0.4, 0.5) is 5.69 Å². The largest absolute Gasteiger partial charge is 0.495 e. The zero-order valence-corrected chi connectivity index (χ0v) is 10.6. The molecule has 0 atom stereocenters. The van der Waals surface area contributed by atoms with Crippen LogP contribution in [0.3, 0.4) is 0 Å². The molecule has 17 heavy (non-hydrogen) atoms. The first-order valence-electron chi connectivity index (χ1n) is 4.88. The number of amides is 1. The quantitative estimate of drug-likeness (QED) is 0.922. The molecule has 0 unspecified atom stereocenters. The maximum Gasteiger partial charge on any atom is 0.260 e. The number of ether oxygens (including phenoxy) is 1. The van der Waals surface area contributed by atoms with E-state index in [1.54, 1.807) is 22.9 Å². The molecule has 1 amide bonds. The molecule has 1 heterocycles. The van der Waals surface area contributed by atoms with Gasteiger partial charge >= 0.3 is 0 Å². The highest BCUT2D eigenvalue weighted by Crippen LogP contribution is 2.26. The zero-order valence-electron chi connectivity index (χ0n) is 9.07. The molecule has 5 heteroatoms. The van der Waals surface area contributed by atoms with Crippen LogP contribution in [0.5, 0.6) is 5.75 Å². The molecule has 0 radical (unpaired) electrons. The maximum atomic E-state index is 12.0. The number of hydrogen-bond donors (Lipinski definition) is 1. The first-order valence-corrected chi connectivity index (χ1v) is 6.20. The van der Waals surface area contributed by atoms with Gasteiger partial charge in [0, 0.05) is 10.8 Å². The molecule has 0 saturated heterocycles. The summed E-state index contributed by atoms with van der Waals surface area (Å²) >= 11 is 7.38. The standard InChI is InChI=1S/C12H10ClNO2S/c1-16-11-7-17-6-8(11)12(15)14-10-5-3-2-4-9(10)13/h2-7H,1H3,(H,14,15). The fourth-order valence-corrected chi connectivity index (χ4v) is 2.32. The Morgan fingerprint density at radius 1 is 1.35 bits per heavy atom. The van der Waals surface area contributed by atoms with Gasteiger partial charge in [-0.1, -0.05) is 23.7 Å². The first kappa shape index (κ1) is 12.0. The van der Waals surface area contributed by atoms with Gasteiger partial charge in [-0.05, 0) is 12.1 Å². The molecule has 88 valence electrons. The molecule has 0 spiro atoms. The van der Waals surface area contributed by atoms with Gasteiger partial charge in [-0.15, -0.1) is 11.3 Å². The van der Waals surface area contributed by atoms with E-state index in [1.165, 1.54) is 18.4 Å². The van der Waals surface area contributed by atoms with Crippen molar-refractivity contribution in [3.05, 3.63) is 45.6 Å². The molecule has 0 bridgehead atoms. The van der Waals surface area contributed by atoms with Crippen LogP contribution in [0.2, 0.25) is 5.02 Å². The summed E-state index contributed by atoms with van der Waals surface area (Å²) in [6, 6.07) is 7.09. The van der Waals surface area contributed by atoms with Crippen LogP contribution in [0.15, 0.2) is 35.0 Å². The van der Waals surface area contributed by atoms with E-state index in [1.807, 2.05) is 12.1 Å². The van der Waals surface area contributed by atoms with E-state index >= 15 is 0 Å². The van der Waals surface area contributed by atoms with E-state index in [0.29, 0.717) is 22.0 Å². The Hall–Kier alpha value is -1.52. The van der Waals surface area contributed by atoms with Crippen molar-refractivity contribution in [1.82, 2.24) is 0 Å².